The first-order chi connectivity index (χ1) is 18.5. The molecular formula is C30H26N6O2. The zero-order valence-electron chi connectivity index (χ0n) is 20.9. The number of para-hydroxylation sites is 1. The number of carbonyl (C=O) groups is 1. The van der Waals surface area contributed by atoms with Gasteiger partial charge < -0.3 is 11.1 Å². The van der Waals surface area contributed by atoms with Crippen molar-refractivity contribution in [2.75, 3.05) is 5.73 Å². The first-order valence-corrected chi connectivity index (χ1v) is 12.6. The van der Waals surface area contributed by atoms with Gasteiger partial charge in [-0.2, -0.15) is 0 Å². The van der Waals surface area contributed by atoms with Crippen LogP contribution in [-0.2, 0) is 12.8 Å². The number of pyridine rings is 1. The largest absolute Gasteiger partial charge is 0.381 e. The van der Waals surface area contributed by atoms with E-state index in [0.29, 0.717) is 22.3 Å². The Morgan fingerprint density at radius 1 is 1.11 bits per heavy atom. The van der Waals surface area contributed by atoms with E-state index in [2.05, 4.69) is 21.3 Å². The number of hydrogen-bond donors (Lipinski definition) is 2. The SMILES string of the molecule is C#Cc1ccc2c3c(c([C@H](C)NC(=O)c4c(N)nn5cccnc45)n(-c4ccccc4)c(=O)c13)CCCC2. The van der Waals surface area contributed by atoms with Gasteiger partial charge in [-0.3, -0.25) is 14.2 Å². The number of aryl methyl sites for hydroxylation is 2. The monoisotopic (exact) mass is 502 g/mol. The lowest BCUT2D eigenvalue weighted by Gasteiger charge is -2.25. The number of terminal acetylenes is 1. The first kappa shape index (κ1) is 23.5. The molecule has 0 aliphatic heterocycles. The van der Waals surface area contributed by atoms with E-state index in [1.54, 1.807) is 23.0 Å². The zero-order valence-corrected chi connectivity index (χ0v) is 20.9. The van der Waals surface area contributed by atoms with Gasteiger partial charge in [-0.05, 0) is 73.4 Å². The number of nitrogens with two attached hydrogens (primary N) is 1. The maximum atomic E-state index is 14.2. The number of carbonyl (C=O) groups excluding carboxylic acids is 1. The Hall–Kier alpha value is -4.90. The Balaban J connectivity index is 1.60. The second kappa shape index (κ2) is 9.20. The number of benzene rings is 2. The molecule has 1 aliphatic rings. The van der Waals surface area contributed by atoms with Gasteiger partial charge in [-0.15, -0.1) is 11.5 Å². The summed E-state index contributed by atoms with van der Waals surface area (Å²) in [6.07, 6.45) is 12.7. The second-order valence-corrected chi connectivity index (χ2v) is 9.56. The molecule has 6 rings (SSSR count). The van der Waals surface area contributed by atoms with Crippen LogP contribution in [-0.4, -0.2) is 25.1 Å². The standard InChI is InChI=1S/C30H26N6O2/c1-3-19-14-15-20-10-7-8-13-22-23(20)24(19)30(38)36(21-11-5-4-6-12-21)26(22)18(2)33-29(37)25-27(31)34-35-17-9-16-32-28(25)35/h1,4-6,9,11-12,14-18H,7-8,10,13H2,2H3,(H2,31,34)(H,33,37)/t18-/m0/s1. The lowest BCUT2D eigenvalue weighted by Crippen LogP contribution is -2.34. The average molecular weight is 503 g/mol. The minimum Gasteiger partial charge on any atom is -0.381 e. The molecule has 0 saturated heterocycles. The van der Waals surface area contributed by atoms with Crippen molar-refractivity contribution in [1.82, 2.24) is 24.5 Å². The zero-order chi connectivity index (χ0) is 26.4. The summed E-state index contributed by atoms with van der Waals surface area (Å²) in [5.74, 6) is 2.40. The summed E-state index contributed by atoms with van der Waals surface area (Å²) in [5, 5.41) is 8.79. The van der Waals surface area contributed by atoms with E-state index in [9.17, 15) is 9.59 Å². The number of nitrogen functional groups attached to an aromatic ring is 1. The van der Waals surface area contributed by atoms with Crippen molar-refractivity contribution in [2.45, 2.75) is 38.6 Å². The molecule has 8 heteroatoms. The maximum Gasteiger partial charge on any atom is 0.264 e. The van der Waals surface area contributed by atoms with Crippen molar-refractivity contribution < 1.29 is 4.79 Å². The summed E-state index contributed by atoms with van der Waals surface area (Å²) in [6.45, 7) is 1.89. The van der Waals surface area contributed by atoms with Crippen LogP contribution in [0.4, 0.5) is 5.82 Å². The Morgan fingerprint density at radius 3 is 2.68 bits per heavy atom. The van der Waals surface area contributed by atoms with Crippen molar-refractivity contribution >= 4 is 28.1 Å². The fraction of sp³-hybridized carbons (Fsp3) is 0.200. The number of aromatic nitrogens is 4. The van der Waals surface area contributed by atoms with Gasteiger partial charge in [0.1, 0.15) is 5.56 Å². The van der Waals surface area contributed by atoms with Crippen LogP contribution in [0.3, 0.4) is 0 Å². The van der Waals surface area contributed by atoms with Crippen LogP contribution < -0.4 is 16.6 Å². The highest BCUT2D eigenvalue weighted by atomic mass is 16.2. The minimum absolute atomic E-state index is 0.0893. The molecule has 0 saturated carbocycles. The van der Waals surface area contributed by atoms with Crippen LogP contribution in [0.25, 0.3) is 22.1 Å². The van der Waals surface area contributed by atoms with E-state index in [0.717, 1.165) is 47.9 Å². The summed E-state index contributed by atoms with van der Waals surface area (Å²) in [6, 6.07) is 14.6. The number of hydrogen-bond acceptors (Lipinski definition) is 5. The van der Waals surface area contributed by atoms with Crippen molar-refractivity contribution in [2.24, 2.45) is 0 Å². The highest BCUT2D eigenvalue weighted by Gasteiger charge is 2.28. The molecular weight excluding hydrogens is 476 g/mol. The van der Waals surface area contributed by atoms with E-state index in [1.165, 1.54) is 4.52 Å². The van der Waals surface area contributed by atoms with Crippen LogP contribution >= 0.6 is 0 Å². The third kappa shape index (κ3) is 3.63. The minimum atomic E-state index is -0.534. The Bertz CT molecular complexity index is 1830. The molecule has 3 aromatic heterocycles. The Labute approximate surface area is 219 Å². The number of nitrogens with one attached hydrogen (secondary N) is 1. The van der Waals surface area contributed by atoms with Gasteiger partial charge in [0.15, 0.2) is 11.5 Å². The molecule has 0 spiro atoms. The summed E-state index contributed by atoms with van der Waals surface area (Å²) in [7, 11) is 0. The molecule has 1 atom stereocenters. The molecule has 188 valence electrons. The fourth-order valence-corrected chi connectivity index (χ4v) is 5.64. The lowest BCUT2D eigenvalue weighted by atomic mass is 9.92. The van der Waals surface area contributed by atoms with E-state index in [1.807, 2.05) is 49.4 Å². The number of anilines is 1. The van der Waals surface area contributed by atoms with Gasteiger partial charge >= 0.3 is 0 Å². The molecule has 5 aromatic rings. The van der Waals surface area contributed by atoms with Gasteiger partial charge in [-0.1, -0.05) is 30.2 Å². The summed E-state index contributed by atoms with van der Waals surface area (Å²) in [4.78, 5) is 32.1. The van der Waals surface area contributed by atoms with E-state index < -0.39 is 11.9 Å². The third-order valence-electron chi connectivity index (χ3n) is 7.26. The molecule has 3 heterocycles. The summed E-state index contributed by atoms with van der Waals surface area (Å²) >= 11 is 0. The predicted molar refractivity (Wildman–Crippen MR) is 147 cm³/mol. The molecule has 3 N–H and O–H groups in total. The van der Waals surface area contributed by atoms with E-state index in [-0.39, 0.29) is 16.9 Å². The number of rotatable bonds is 4. The molecule has 1 amide bonds. The first-order valence-electron chi connectivity index (χ1n) is 12.6. The molecule has 0 radical (unpaired) electrons. The van der Waals surface area contributed by atoms with Crippen LogP contribution in [0.1, 0.15) is 58.5 Å². The summed E-state index contributed by atoms with van der Waals surface area (Å²) < 4.78 is 3.18. The molecule has 2 aromatic carbocycles. The molecule has 1 aliphatic carbocycles. The maximum absolute atomic E-state index is 14.2. The van der Waals surface area contributed by atoms with Crippen LogP contribution in [0.5, 0.6) is 0 Å². The average Bonchev–Trinajstić information content (AvgIpc) is 3.12. The van der Waals surface area contributed by atoms with Gasteiger partial charge in [0.05, 0.1) is 17.1 Å². The van der Waals surface area contributed by atoms with Gasteiger partial charge in [-0.25, -0.2) is 9.50 Å². The Morgan fingerprint density at radius 2 is 1.89 bits per heavy atom. The van der Waals surface area contributed by atoms with Crippen molar-refractivity contribution in [3.63, 3.8) is 0 Å². The van der Waals surface area contributed by atoms with Crippen LogP contribution in [0, 0.1) is 12.3 Å². The molecule has 0 bridgehead atoms. The third-order valence-corrected chi connectivity index (χ3v) is 7.26. The topological polar surface area (TPSA) is 107 Å². The van der Waals surface area contributed by atoms with E-state index in [4.69, 9.17) is 12.2 Å². The van der Waals surface area contributed by atoms with E-state index >= 15 is 0 Å². The van der Waals surface area contributed by atoms with Crippen molar-refractivity contribution in [1.29, 1.82) is 0 Å². The number of fused-ring (bicyclic) bond motifs is 1. The normalized spacial score (nSPS) is 13.7. The van der Waals surface area contributed by atoms with Gasteiger partial charge in [0.25, 0.3) is 11.5 Å². The quantitative estimate of drug-likeness (QED) is 0.362. The number of nitrogens with zero attached hydrogens (tertiary/aromatic N) is 4. The summed E-state index contributed by atoms with van der Waals surface area (Å²) in [5.41, 5.74) is 10.7. The predicted octanol–water partition coefficient (Wildman–Crippen LogP) is 3.97. The lowest BCUT2D eigenvalue weighted by molar-refractivity contribution is 0.0941. The smallest absolute Gasteiger partial charge is 0.264 e. The van der Waals surface area contributed by atoms with Crippen molar-refractivity contribution in [3.8, 4) is 18.0 Å². The highest BCUT2D eigenvalue weighted by Crippen LogP contribution is 2.35. The molecule has 0 unspecified atom stereocenters. The molecule has 0 fully saturated rings. The second-order valence-electron chi connectivity index (χ2n) is 9.56. The van der Waals surface area contributed by atoms with Crippen LogP contribution in [0.15, 0.2) is 65.7 Å². The van der Waals surface area contributed by atoms with Crippen molar-refractivity contribution in [3.05, 3.63) is 99.2 Å². The van der Waals surface area contributed by atoms with Crippen LogP contribution in [0.2, 0.25) is 0 Å². The van der Waals surface area contributed by atoms with Gasteiger partial charge in [0.2, 0.25) is 0 Å². The fourth-order valence-electron chi connectivity index (χ4n) is 5.64. The highest BCUT2D eigenvalue weighted by molar-refractivity contribution is 6.04. The number of amides is 1. The molecule has 38 heavy (non-hydrogen) atoms. The van der Waals surface area contributed by atoms with Gasteiger partial charge in [0, 0.05) is 23.6 Å². The Kier molecular flexibility index (Phi) is 5.69. The molecule has 8 nitrogen and oxygen atoms in total.